The summed E-state index contributed by atoms with van der Waals surface area (Å²) in [6.45, 7) is 3.62. The maximum atomic E-state index is 11.9. The average Bonchev–Trinajstić information content (AvgIpc) is 2.87. The first kappa shape index (κ1) is 13.0. The number of hydrogen-bond donors (Lipinski definition) is 2. The van der Waals surface area contributed by atoms with E-state index in [1.807, 2.05) is 0 Å². The Morgan fingerprint density at radius 1 is 1.44 bits per heavy atom. The van der Waals surface area contributed by atoms with E-state index in [1.165, 1.54) is 24.7 Å². The van der Waals surface area contributed by atoms with Crippen LogP contribution in [0.25, 0.3) is 0 Å². The van der Waals surface area contributed by atoms with Gasteiger partial charge in [-0.1, -0.05) is 6.92 Å². The molecule has 1 heterocycles. The second-order valence-corrected chi connectivity index (χ2v) is 5.67. The van der Waals surface area contributed by atoms with E-state index in [9.17, 15) is 9.59 Å². The summed E-state index contributed by atoms with van der Waals surface area (Å²) in [6.07, 6.45) is 3.24. The van der Waals surface area contributed by atoms with E-state index in [1.54, 1.807) is 5.38 Å². The number of nitrogens with one attached hydrogen (secondary N) is 2. The lowest BCUT2D eigenvalue weighted by Gasteiger charge is -2.10. The van der Waals surface area contributed by atoms with Crippen LogP contribution in [-0.4, -0.2) is 22.8 Å². The quantitative estimate of drug-likeness (QED) is 0.880. The minimum atomic E-state index is -0.180. The van der Waals surface area contributed by atoms with Gasteiger partial charge in [-0.2, -0.15) is 0 Å². The molecule has 2 rings (SSSR count). The zero-order valence-electron chi connectivity index (χ0n) is 10.5. The number of carbonyl (C=O) groups is 2. The molecule has 0 aromatic carbocycles. The van der Waals surface area contributed by atoms with Crippen LogP contribution in [0.2, 0.25) is 0 Å². The Morgan fingerprint density at radius 3 is 2.83 bits per heavy atom. The van der Waals surface area contributed by atoms with Crippen LogP contribution in [0.3, 0.4) is 0 Å². The Morgan fingerprint density at radius 2 is 2.22 bits per heavy atom. The number of amides is 2. The Kier molecular flexibility index (Phi) is 3.96. The van der Waals surface area contributed by atoms with Crippen molar-refractivity contribution in [1.82, 2.24) is 10.3 Å². The molecule has 1 fully saturated rings. The van der Waals surface area contributed by atoms with Gasteiger partial charge in [0.05, 0.1) is 0 Å². The molecule has 0 bridgehead atoms. The van der Waals surface area contributed by atoms with Crippen molar-refractivity contribution in [3.8, 4) is 0 Å². The molecule has 2 atom stereocenters. The fraction of sp³-hybridized carbons (Fsp3) is 0.583. The maximum absolute atomic E-state index is 11.9. The standard InChI is InChI=1S/C12H17N3O2S/c1-7-3-4-9(5-7)14-11(17)10-6-18-12(15-10)13-8(2)16/h6-7,9H,3-5H2,1-2H3,(H,14,17)(H,13,15,16). The molecule has 1 aromatic rings. The van der Waals surface area contributed by atoms with Gasteiger partial charge in [-0.15, -0.1) is 11.3 Å². The number of rotatable bonds is 3. The van der Waals surface area contributed by atoms with Gasteiger partial charge in [0, 0.05) is 18.3 Å². The Hall–Kier alpha value is -1.43. The van der Waals surface area contributed by atoms with Crippen molar-refractivity contribution in [3.05, 3.63) is 11.1 Å². The van der Waals surface area contributed by atoms with Crippen molar-refractivity contribution in [2.75, 3.05) is 5.32 Å². The first-order chi connectivity index (χ1) is 8.54. The molecular formula is C12H17N3O2S. The first-order valence-corrected chi connectivity index (χ1v) is 6.96. The van der Waals surface area contributed by atoms with Crippen LogP contribution in [0, 0.1) is 5.92 Å². The number of hydrogen-bond acceptors (Lipinski definition) is 4. The van der Waals surface area contributed by atoms with Crippen molar-refractivity contribution >= 4 is 28.3 Å². The molecule has 1 aliphatic carbocycles. The first-order valence-electron chi connectivity index (χ1n) is 6.08. The number of nitrogens with zero attached hydrogens (tertiary/aromatic N) is 1. The molecule has 0 radical (unpaired) electrons. The van der Waals surface area contributed by atoms with Crippen molar-refractivity contribution in [2.45, 2.75) is 39.2 Å². The summed E-state index contributed by atoms with van der Waals surface area (Å²) >= 11 is 1.26. The minimum absolute atomic E-state index is 0.151. The summed E-state index contributed by atoms with van der Waals surface area (Å²) in [6, 6.07) is 0.262. The Balaban J connectivity index is 1.92. The van der Waals surface area contributed by atoms with E-state index < -0.39 is 0 Å². The predicted molar refractivity (Wildman–Crippen MR) is 70.7 cm³/mol. The van der Waals surface area contributed by atoms with Gasteiger partial charge in [-0.25, -0.2) is 4.98 Å². The third-order valence-electron chi connectivity index (χ3n) is 3.05. The fourth-order valence-corrected chi connectivity index (χ4v) is 2.92. The van der Waals surface area contributed by atoms with Crippen molar-refractivity contribution in [3.63, 3.8) is 0 Å². The van der Waals surface area contributed by atoms with Gasteiger partial charge in [0.25, 0.3) is 5.91 Å². The van der Waals surface area contributed by atoms with Gasteiger partial charge in [-0.3, -0.25) is 9.59 Å². The molecule has 2 N–H and O–H groups in total. The molecule has 98 valence electrons. The zero-order valence-corrected chi connectivity index (χ0v) is 11.3. The molecule has 1 aromatic heterocycles. The summed E-state index contributed by atoms with van der Waals surface area (Å²) in [5.41, 5.74) is 0.378. The third-order valence-corrected chi connectivity index (χ3v) is 3.81. The summed E-state index contributed by atoms with van der Waals surface area (Å²) in [5, 5.41) is 7.68. The number of carbonyl (C=O) groups excluding carboxylic acids is 2. The molecule has 1 aliphatic rings. The van der Waals surface area contributed by atoms with E-state index in [0.29, 0.717) is 16.7 Å². The monoisotopic (exact) mass is 267 g/mol. The van der Waals surface area contributed by atoms with Crippen LogP contribution >= 0.6 is 11.3 Å². The highest BCUT2D eigenvalue weighted by Gasteiger charge is 2.23. The van der Waals surface area contributed by atoms with E-state index in [4.69, 9.17) is 0 Å². The fourth-order valence-electron chi connectivity index (χ4n) is 2.18. The van der Waals surface area contributed by atoms with Gasteiger partial charge < -0.3 is 10.6 Å². The normalized spacial score (nSPS) is 22.8. The molecule has 2 amide bonds. The van der Waals surface area contributed by atoms with E-state index in [0.717, 1.165) is 12.8 Å². The number of aromatic nitrogens is 1. The molecule has 0 spiro atoms. The topological polar surface area (TPSA) is 71.1 Å². The molecule has 0 aliphatic heterocycles. The van der Waals surface area contributed by atoms with Crippen LogP contribution in [0.5, 0.6) is 0 Å². The largest absolute Gasteiger partial charge is 0.348 e. The van der Waals surface area contributed by atoms with Crippen molar-refractivity contribution in [2.24, 2.45) is 5.92 Å². The van der Waals surface area contributed by atoms with Crippen LogP contribution in [-0.2, 0) is 4.79 Å². The van der Waals surface area contributed by atoms with Crippen LogP contribution in [0.15, 0.2) is 5.38 Å². The van der Waals surface area contributed by atoms with Gasteiger partial charge in [0.1, 0.15) is 5.69 Å². The molecule has 5 nitrogen and oxygen atoms in total. The highest BCUT2D eigenvalue weighted by Crippen LogP contribution is 2.25. The van der Waals surface area contributed by atoms with Crippen LogP contribution in [0.4, 0.5) is 5.13 Å². The van der Waals surface area contributed by atoms with Gasteiger partial charge in [0.15, 0.2) is 5.13 Å². The SMILES string of the molecule is CC(=O)Nc1nc(C(=O)NC2CCC(C)C2)cs1. The third kappa shape index (κ3) is 3.29. The minimum Gasteiger partial charge on any atom is -0.348 e. The molecular weight excluding hydrogens is 250 g/mol. The smallest absolute Gasteiger partial charge is 0.271 e. The Bertz CT molecular complexity index is 458. The summed E-state index contributed by atoms with van der Waals surface area (Å²) < 4.78 is 0. The predicted octanol–water partition coefficient (Wildman–Crippen LogP) is 2.02. The number of thiazole rings is 1. The highest BCUT2D eigenvalue weighted by atomic mass is 32.1. The highest BCUT2D eigenvalue weighted by molar-refractivity contribution is 7.14. The average molecular weight is 267 g/mol. The number of anilines is 1. The van der Waals surface area contributed by atoms with E-state index in [2.05, 4.69) is 22.5 Å². The zero-order chi connectivity index (χ0) is 13.1. The lowest BCUT2D eigenvalue weighted by molar-refractivity contribution is -0.114. The second-order valence-electron chi connectivity index (χ2n) is 4.81. The van der Waals surface area contributed by atoms with Crippen molar-refractivity contribution < 1.29 is 9.59 Å². The van der Waals surface area contributed by atoms with Gasteiger partial charge in [0.2, 0.25) is 5.91 Å². The summed E-state index contributed by atoms with van der Waals surface area (Å²) in [5.74, 6) is 0.351. The summed E-state index contributed by atoms with van der Waals surface area (Å²) in [4.78, 5) is 26.9. The second kappa shape index (κ2) is 5.48. The van der Waals surface area contributed by atoms with Crippen LogP contribution < -0.4 is 10.6 Å². The molecule has 0 saturated heterocycles. The van der Waals surface area contributed by atoms with Gasteiger partial charge >= 0.3 is 0 Å². The Labute approximate surface area is 110 Å². The maximum Gasteiger partial charge on any atom is 0.271 e. The van der Waals surface area contributed by atoms with Gasteiger partial charge in [-0.05, 0) is 25.2 Å². The van der Waals surface area contributed by atoms with E-state index >= 15 is 0 Å². The summed E-state index contributed by atoms with van der Waals surface area (Å²) in [7, 11) is 0. The molecule has 18 heavy (non-hydrogen) atoms. The molecule has 2 unspecified atom stereocenters. The molecule has 6 heteroatoms. The van der Waals surface area contributed by atoms with E-state index in [-0.39, 0.29) is 17.9 Å². The lowest BCUT2D eigenvalue weighted by atomic mass is 10.1. The lowest BCUT2D eigenvalue weighted by Crippen LogP contribution is -2.33. The van der Waals surface area contributed by atoms with Crippen LogP contribution in [0.1, 0.15) is 43.6 Å². The molecule has 1 saturated carbocycles. The van der Waals surface area contributed by atoms with Crippen molar-refractivity contribution in [1.29, 1.82) is 0 Å².